The summed E-state index contributed by atoms with van der Waals surface area (Å²) in [5, 5.41) is 17.0. The maximum atomic E-state index is 12.5. The minimum Gasteiger partial charge on any atom is -0.393 e. The number of nitrogens with zero attached hydrogens (tertiary/aromatic N) is 2. The summed E-state index contributed by atoms with van der Waals surface area (Å²) in [6.07, 6.45) is 6.31. The highest BCUT2D eigenvalue weighted by Gasteiger charge is 2.17. The summed E-state index contributed by atoms with van der Waals surface area (Å²) in [6.45, 7) is 1.95. The third kappa shape index (κ3) is 3.25. The summed E-state index contributed by atoms with van der Waals surface area (Å²) in [5.41, 5.74) is 3.28. The topological polar surface area (TPSA) is 76.2 Å². The third-order valence-corrected chi connectivity index (χ3v) is 4.34. The van der Waals surface area contributed by atoms with Gasteiger partial charge in [-0.25, -0.2) is 4.63 Å². The second-order valence-corrected chi connectivity index (χ2v) is 6.06. The molecule has 1 aromatic carbocycles. The van der Waals surface area contributed by atoms with E-state index in [2.05, 4.69) is 21.0 Å². The highest BCUT2D eigenvalue weighted by Crippen LogP contribution is 2.25. The van der Waals surface area contributed by atoms with Crippen molar-refractivity contribution in [1.29, 1.82) is 0 Å². The van der Waals surface area contributed by atoms with E-state index >= 15 is 0 Å². The number of fused-ring (bicyclic) bond motifs is 1. The van der Waals surface area contributed by atoms with Gasteiger partial charge in [0.05, 0.1) is 6.10 Å². The van der Waals surface area contributed by atoms with E-state index in [9.17, 15) is 9.90 Å². The predicted molar refractivity (Wildman–Crippen MR) is 82.5 cm³/mol. The standard InChI is InChI=1S/C17H20N2O3/c1-11(2-3-12-4-7-14(20)8-5-12)17(21)13-6-9-15-16(10-13)19-22-18-15/h3,6,9-11,14,20H,2,4-5,7-8H2,1H3. The summed E-state index contributed by atoms with van der Waals surface area (Å²) < 4.78 is 4.65. The van der Waals surface area contributed by atoms with Gasteiger partial charge in [-0.3, -0.25) is 4.79 Å². The van der Waals surface area contributed by atoms with Crippen LogP contribution in [0, 0.1) is 5.92 Å². The Morgan fingerprint density at radius 2 is 2.09 bits per heavy atom. The number of benzene rings is 1. The Labute approximate surface area is 129 Å². The molecule has 0 spiro atoms. The molecule has 5 heteroatoms. The molecule has 1 heterocycles. The van der Waals surface area contributed by atoms with Crippen molar-refractivity contribution in [2.24, 2.45) is 5.92 Å². The van der Waals surface area contributed by atoms with Gasteiger partial charge in [0.2, 0.25) is 0 Å². The Hall–Kier alpha value is -2.01. The van der Waals surface area contributed by atoms with E-state index in [4.69, 9.17) is 0 Å². The number of carbonyl (C=O) groups excluding carboxylic acids is 1. The number of hydrogen-bond acceptors (Lipinski definition) is 5. The first-order valence-electron chi connectivity index (χ1n) is 7.76. The Bertz CT molecular complexity index is 695. The molecule has 1 aliphatic carbocycles. The maximum Gasteiger partial charge on any atom is 0.166 e. The molecule has 1 fully saturated rings. The van der Waals surface area contributed by atoms with Crippen LogP contribution in [0.3, 0.4) is 0 Å². The van der Waals surface area contributed by atoms with E-state index in [1.54, 1.807) is 18.2 Å². The van der Waals surface area contributed by atoms with Crippen LogP contribution in [0.15, 0.2) is 34.5 Å². The van der Waals surface area contributed by atoms with Crippen LogP contribution < -0.4 is 0 Å². The van der Waals surface area contributed by atoms with Gasteiger partial charge >= 0.3 is 0 Å². The first-order chi connectivity index (χ1) is 10.6. The average molecular weight is 300 g/mol. The molecule has 0 aliphatic heterocycles. The van der Waals surface area contributed by atoms with E-state index in [0.29, 0.717) is 16.6 Å². The summed E-state index contributed by atoms with van der Waals surface area (Å²) in [5.74, 6) is 0.0363. The molecular weight excluding hydrogens is 280 g/mol. The molecule has 22 heavy (non-hydrogen) atoms. The second-order valence-electron chi connectivity index (χ2n) is 6.06. The zero-order valence-electron chi connectivity index (χ0n) is 12.7. The molecule has 1 aliphatic rings. The van der Waals surface area contributed by atoms with Crippen molar-refractivity contribution in [1.82, 2.24) is 10.3 Å². The van der Waals surface area contributed by atoms with Crippen LogP contribution in [0.2, 0.25) is 0 Å². The van der Waals surface area contributed by atoms with Crippen LogP contribution in [0.1, 0.15) is 49.4 Å². The quantitative estimate of drug-likeness (QED) is 0.692. The summed E-state index contributed by atoms with van der Waals surface area (Å²) in [6, 6.07) is 5.26. The molecule has 116 valence electrons. The number of Topliss-reactive ketones (excluding diaryl/α,β-unsaturated/α-hetero) is 1. The number of aliphatic hydroxyl groups is 1. The van der Waals surface area contributed by atoms with Crippen LogP contribution in [0.4, 0.5) is 0 Å². The second kappa shape index (κ2) is 6.40. The molecule has 0 saturated heterocycles. The van der Waals surface area contributed by atoms with Crippen LogP contribution in [0.25, 0.3) is 11.0 Å². The molecule has 1 saturated carbocycles. The van der Waals surface area contributed by atoms with Crippen LogP contribution in [-0.2, 0) is 0 Å². The largest absolute Gasteiger partial charge is 0.393 e. The lowest BCUT2D eigenvalue weighted by Crippen LogP contribution is -2.14. The zero-order valence-corrected chi connectivity index (χ0v) is 12.7. The lowest BCUT2D eigenvalue weighted by molar-refractivity contribution is 0.0930. The predicted octanol–water partition coefficient (Wildman–Crippen LogP) is 3.29. The minimum absolute atomic E-state index is 0.0725. The van der Waals surface area contributed by atoms with Gasteiger partial charge in [0.1, 0.15) is 11.0 Å². The van der Waals surface area contributed by atoms with Gasteiger partial charge in [0.15, 0.2) is 5.78 Å². The summed E-state index contributed by atoms with van der Waals surface area (Å²) >= 11 is 0. The summed E-state index contributed by atoms with van der Waals surface area (Å²) in [7, 11) is 0. The summed E-state index contributed by atoms with van der Waals surface area (Å²) in [4.78, 5) is 12.5. The molecule has 1 atom stereocenters. The van der Waals surface area contributed by atoms with Crippen molar-refractivity contribution < 1.29 is 14.5 Å². The number of allylic oxidation sites excluding steroid dienone is 2. The number of ketones is 1. The van der Waals surface area contributed by atoms with E-state index in [1.165, 1.54) is 5.57 Å². The Balaban J connectivity index is 1.65. The number of aromatic nitrogens is 2. The number of hydrogen-bond donors (Lipinski definition) is 1. The van der Waals surface area contributed by atoms with E-state index in [0.717, 1.165) is 32.1 Å². The van der Waals surface area contributed by atoms with Crippen molar-refractivity contribution in [2.45, 2.75) is 45.1 Å². The Kier molecular flexibility index (Phi) is 4.34. The lowest BCUT2D eigenvalue weighted by Gasteiger charge is -2.19. The molecule has 1 aromatic heterocycles. The Morgan fingerprint density at radius 1 is 1.36 bits per heavy atom. The van der Waals surface area contributed by atoms with Crippen LogP contribution in [0.5, 0.6) is 0 Å². The number of aliphatic hydroxyl groups excluding tert-OH is 1. The van der Waals surface area contributed by atoms with E-state index in [1.807, 2.05) is 6.92 Å². The highest BCUT2D eigenvalue weighted by atomic mass is 16.6. The number of rotatable bonds is 4. The average Bonchev–Trinajstić information content (AvgIpc) is 3.00. The van der Waals surface area contributed by atoms with E-state index < -0.39 is 0 Å². The van der Waals surface area contributed by atoms with Gasteiger partial charge in [-0.05, 0) is 60.6 Å². The van der Waals surface area contributed by atoms with Gasteiger partial charge in [-0.1, -0.05) is 18.6 Å². The third-order valence-electron chi connectivity index (χ3n) is 4.34. The fourth-order valence-corrected chi connectivity index (χ4v) is 2.85. The smallest absolute Gasteiger partial charge is 0.166 e. The molecule has 1 unspecified atom stereocenters. The molecule has 1 N–H and O–H groups in total. The van der Waals surface area contributed by atoms with Gasteiger partial charge in [0, 0.05) is 11.5 Å². The van der Waals surface area contributed by atoms with Crippen molar-refractivity contribution in [3.63, 3.8) is 0 Å². The normalized spacial score (nSPS) is 20.1. The van der Waals surface area contributed by atoms with Gasteiger partial charge < -0.3 is 5.11 Å². The molecule has 0 bridgehead atoms. The van der Waals surface area contributed by atoms with Crippen molar-refractivity contribution >= 4 is 16.8 Å². The van der Waals surface area contributed by atoms with Crippen molar-refractivity contribution in [2.75, 3.05) is 0 Å². The molecule has 3 rings (SSSR count). The first-order valence-corrected chi connectivity index (χ1v) is 7.76. The molecule has 5 nitrogen and oxygen atoms in total. The van der Waals surface area contributed by atoms with Gasteiger partial charge in [0.25, 0.3) is 0 Å². The van der Waals surface area contributed by atoms with Crippen LogP contribution >= 0.6 is 0 Å². The molecule has 0 amide bonds. The van der Waals surface area contributed by atoms with Gasteiger partial charge in [-0.2, -0.15) is 0 Å². The fourth-order valence-electron chi connectivity index (χ4n) is 2.85. The monoisotopic (exact) mass is 300 g/mol. The SMILES string of the molecule is CC(CC=C1CCC(O)CC1)C(=O)c1ccc2nonc2c1. The molecule has 2 aromatic rings. The van der Waals surface area contributed by atoms with E-state index in [-0.39, 0.29) is 17.8 Å². The fraction of sp³-hybridized carbons (Fsp3) is 0.471. The first kappa shape index (κ1) is 14.9. The van der Waals surface area contributed by atoms with Crippen LogP contribution in [-0.4, -0.2) is 27.3 Å². The van der Waals surface area contributed by atoms with Crippen molar-refractivity contribution in [3.8, 4) is 0 Å². The highest BCUT2D eigenvalue weighted by molar-refractivity contribution is 6.00. The minimum atomic E-state index is -0.154. The Morgan fingerprint density at radius 3 is 2.86 bits per heavy atom. The van der Waals surface area contributed by atoms with Crippen molar-refractivity contribution in [3.05, 3.63) is 35.4 Å². The molecular formula is C17H20N2O3. The maximum absolute atomic E-state index is 12.5. The van der Waals surface area contributed by atoms with Gasteiger partial charge in [-0.15, -0.1) is 0 Å². The molecule has 0 radical (unpaired) electrons. The number of carbonyl (C=O) groups is 1. The zero-order chi connectivity index (χ0) is 15.5. The lowest BCUT2D eigenvalue weighted by atomic mass is 9.89.